The van der Waals surface area contributed by atoms with Gasteiger partial charge >= 0.3 is 77.6 Å². The number of aromatic amines is 1. The van der Waals surface area contributed by atoms with Crippen molar-refractivity contribution < 1.29 is 129 Å². The molecule has 0 spiro atoms. The number of benzene rings is 1. The number of carbonyl (C=O) groups is 13. The van der Waals surface area contributed by atoms with E-state index in [4.69, 9.17) is 152 Å². The van der Waals surface area contributed by atoms with Crippen LogP contribution in [-0.4, -0.2) is 279 Å². The normalized spacial score (nSPS) is 16.2. The Hall–Kier alpha value is -10.1. The predicted molar refractivity (Wildman–Crippen MR) is 484 cm³/mol. The number of nitrogens with one attached hydrogen (secondary N) is 4. The molecular formula is C80H159N21O26. The van der Waals surface area contributed by atoms with Gasteiger partial charge in [0.25, 0.3) is 0 Å². The topological polar surface area (TPSA) is 952 Å². The van der Waals surface area contributed by atoms with E-state index in [0.717, 1.165) is 93.9 Å². The lowest BCUT2D eigenvalue weighted by Crippen LogP contribution is -2.36. The number of hydrogen-bond acceptors (Lipinski definition) is 29. The number of aliphatic imine (C=N–C) groups is 2. The molecule has 47 heteroatoms. The Kier molecular flexibility index (Phi) is 83.8. The molecule has 127 heavy (non-hydrogen) atoms. The summed E-state index contributed by atoms with van der Waals surface area (Å²) in [4.78, 5) is 143. The SMILES string of the molecule is CC(C)C[C@H](N)C(=O)O.CC(C)C[C@H](N)C(=O)O.CC(C)C[C@H](N)C(=O)O.CC(C)C[C@H](N)C(=O)O.CC(C)C[C@H](N)C(=O)O.CC[C@H](C)[C@H](N)C(=O)O.NC(N)=NCCC[C@H](N)C(=O)O.NC(N)=NCCC[C@H](N)C(=O)O.NCCCC[C@H](N)C(=O)O.N[C@@H](Cc1c[nH]c2ccccc12)C(=O)O.O=C(O)[C@@H]1CCCN1.O=C(O)[C@@H]1CCCN1.O=C(O)[C@@H]1CCCN1. The fourth-order valence-corrected chi connectivity index (χ4v) is 9.77. The van der Waals surface area contributed by atoms with Crippen molar-refractivity contribution in [1.29, 1.82) is 0 Å². The van der Waals surface area contributed by atoms with Crippen LogP contribution in [-0.2, 0) is 68.7 Å². The summed E-state index contributed by atoms with van der Waals surface area (Å²) in [7, 11) is 0. The van der Waals surface area contributed by atoms with Crippen molar-refractivity contribution in [1.82, 2.24) is 20.9 Å². The van der Waals surface area contributed by atoms with Gasteiger partial charge in [-0.25, -0.2) is 0 Å². The summed E-state index contributed by atoms with van der Waals surface area (Å²) in [5.41, 5.74) is 79.9. The minimum Gasteiger partial charge on any atom is -0.480 e. The molecule has 740 valence electrons. The number of fused-ring (bicyclic) bond motifs is 1. The third kappa shape index (κ3) is 86.4. The minimum atomic E-state index is -1.00. The molecule has 0 unspecified atom stereocenters. The van der Waals surface area contributed by atoms with Crippen LogP contribution >= 0.6 is 0 Å². The average Bonchev–Trinajstić information content (AvgIpc) is 1.69. The maximum absolute atomic E-state index is 10.6. The van der Waals surface area contributed by atoms with Gasteiger partial charge in [-0.2, -0.15) is 0 Å². The number of unbranched alkanes of at least 4 members (excludes halogenated alkanes) is 1. The molecular weight excluding hydrogens is 1670 g/mol. The summed E-state index contributed by atoms with van der Waals surface area (Å²) in [5, 5.41) is 118. The second-order valence-corrected chi connectivity index (χ2v) is 31.6. The largest absolute Gasteiger partial charge is 0.480 e. The number of guanidine groups is 2. The molecule has 0 amide bonds. The van der Waals surface area contributed by atoms with E-state index >= 15 is 0 Å². The number of carboxylic acids is 13. The third-order valence-electron chi connectivity index (χ3n) is 17.1. The molecule has 4 heterocycles. The third-order valence-corrected chi connectivity index (χ3v) is 17.1. The highest BCUT2D eigenvalue weighted by Gasteiger charge is 2.24. The standard InChI is InChI=1S/C11H12N2O2.2C6H14N4O2.C6H14N2O2.6C6H13NO2.3C5H9NO2/c12-9(11(14)15)5-7-6-13-10-4-2-1-3-8(7)10;2*7-4(5(11)12)2-1-3-10-6(8)9;7-4-2-1-3-5(8)6(9)10;5*1-4(2)3-5(7)6(8)9;1-3-4(2)5(7)6(8)9;3*7-5(8)4-2-1-3-6-4/h1-4,6,9,13H,5,12H2,(H,14,15);2*4H,1-3,7H2,(H,11,12)(H4,8,9,10);5H,1-4,7-8H2,(H,9,10);6*4-5H,3,7H2,1-2H3,(H,8,9);3*4,6H,1-3H2,(H,7,8)/t9-;2*4-;6*5-;4-,5-;3*4-/m0000000000000/s1. The number of hydrogen-bond donors (Lipinski definition) is 32. The predicted octanol–water partition coefficient (Wildman–Crippen LogP) is -0.311. The first kappa shape index (κ1) is 132. The van der Waals surface area contributed by atoms with E-state index in [0.29, 0.717) is 120 Å². The van der Waals surface area contributed by atoms with Crippen LogP contribution in [0, 0.1) is 35.5 Å². The van der Waals surface area contributed by atoms with Gasteiger partial charge in [0.05, 0.1) is 0 Å². The Morgan fingerprint density at radius 2 is 0.630 bits per heavy atom. The Balaban J connectivity index is -0.000000202. The highest BCUT2D eigenvalue weighted by atomic mass is 16.4. The zero-order chi connectivity index (χ0) is 101. The highest BCUT2D eigenvalue weighted by Crippen LogP contribution is 2.19. The lowest BCUT2D eigenvalue weighted by atomic mass is 10.0. The van der Waals surface area contributed by atoms with Gasteiger partial charge in [-0.3, -0.25) is 72.3 Å². The zero-order valence-electron chi connectivity index (χ0n) is 75.9. The summed E-state index contributed by atoms with van der Waals surface area (Å²) in [6.07, 6.45) is 15.2. The molecule has 5 rings (SSSR count). The minimum absolute atomic E-state index is 0.0129. The van der Waals surface area contributed by atoms with Gasteiger partial charge < -0.3 is 173 Å². The number of nitrogens with two attached hydrogens (primary N) is 15. The van der Waals surface area contributed by atoms with E-state index in [1.807, 2.05) is 114 Å². The first-order valence-electron chi connectivity index (χ1n) is 41.7. The Morgan fingerprint density at radius 3 is 0.811 bits per heavy atom. The van der Waals surface area contributed by atoms with E-state index in [2.05, 4.69) is 30.9 Å². The number of para-hydroxylation sites is 1. The van der Waals surface area contributed by atoms with E-state index in [1.165, 1.54) is 0 Å². The van der Waals surface area contributed by atoms with Crippen LogP contribution in [0.5, 0.6) is 0 Å². The van der Waals surface area contributed by atoms with Crippen LogP contribution < -0.4 is 102 Å². The smallest absolute Gasteiger partial charge is 0.320 e. The second kappa shape index (κ2) is 80.4. The summed E-state index contributed by atoms with van der Waals surface area (Å²) >= 11 is 0. The van der Waals surface area contributed by atoms with Gasteiger partial charge in [0.15, 0.2) is 11.9 Å². The van der Waals surface area contributed by atoms with Gasteiger partial charge in [0, 0.05) is 36.6 Å². The summed E-state index contributed by atoms with van der Waals surface area (Å²) < 4.78 is 0. The van der Waals surface area contributed by atoms with Crippen molar-refractivity contribution in [3.05, 3.63) is 36.0 Å². The fourth-order valence-electron chi connectivity index (χ4n) is 9.77. The molecule has 2 aromatic rings. The van der Waals surface area contributed by atoms with Crippen molar-refractivity contribution in [2.24, 2.45) is 131 Å². The molecule has 47 N–H and O–H groups in total. The van der Waals surface area contributed by atoms with E-state index in [9.17, 15) is 62.3 Å². The van der Waals surface area contributed by atoms with E-state index in [-0.39, 0.29) is 36.0 Å². The summed E-state index contributed by atoms with van der Waals surface area (Å²) in [5.74, 6) is -9.66. The first-order chi connectivity index (χ1) is 58.6. The molecule has 14 atom stereocenters. The maximum atomic E-state index is 10.6. The van der Waals surface area contributed by atoms with Crippen molar-refractivity contribution in [2.75, 3.05) is 39.3 Å². The van der Waals surface area contributed by atoms with Crippen LogP contribution in [0.15, 0.2) is 40.4 Å². The molecule has 0 bridgehead atoms. The van der Waals surface area contributed by atoms with Crippen LogP contribution in [0.3, 0.4) is 0 Å². The molecule has 3 aliphatic rings. The van der Waals surface area contributed by atoms with Gasteiger partial charge in [-0.05, 0) is 182 Å². The molecule has 47 nitrogen and oxygen atoms in total. The van der Waals surface area contributed by atoms with Crippen molar-refractivity contribution in [3.8, 4) is 0 Å². The van der Waals surface area contributed by atoms with E-state index < -0.39 is 138 Å². The van der Waals surface area contributed by atoms with Gasteiger partial charge in [-0.1, -0.05) is 114 Å². The lowest BCUT2D eigenvalue weighted by Gasteiger charge is -2.11. The Morgan fingerprint density at radius 1 is 0.370 bits per heavy atom. The zero-order valence-corrected chi connectivity index (χ0v) is 75.9. The Labute approximate surface area is 744 Å². The second-order valence-electron chi connectivity index (χ2n) is 31.6. The number of carboxylic acid groups (broad SMARTS) is 13. The van der Waals surface area contributed by atoms with Gasteiger partial charge in [0.2, 0.25) is 0 Å². The lowest BCUT2D eigenvalue weighted by molar-refractivity contribution is -0.140. The number of rotatable bonds is 39. The number of nitrogens with zero attached hydrogens (tertiary/aromatic N) is 2. The number of aliphatic carboxylic acids is 13. The van der Waals surface area contributed by atoms with Crippen molar-refractivity contribution >= 4 is 100 Å². The summed E-state index contributed by atoms with van der Waals surface area (Å²) in [6, 6.07) is -0.397. The number of H-pyrrole nitrogens is 1. The van der Waals surface area contributed by atoms with Crippen molar-refractivity contribution in [3.63, 3.8) is 0 Å². The molecule has 0 aliphatic carbocycles. The quantitative estimate of drug-likeness (QED) is 0.0232. The van der Waals surface area contributed by atoms with Crippen LogP contribution in [0.2, 0.25) is 0 Å². The molecule has 3 saturated heterocycles. The Bertz CT molecular complexity index is 3130. The molecule has 1 aromatic carbocycles. The molecule has 0 radical (unpaired) electrons. The van der Waals surface area contributed by atoms with Gasteiger partial charge in [-0.15, -0.1) is 0 Å². The summed E-state index contributed by atoms with van der Waals surface area (Å²) in [6.45, 7) is 27.2. The van der Waals surface area contributed by atoms with Crippen LogP contribution in [0.1, 0.15) is 211 Å². The number of aromatic nitrogens is 1. The fraction of sp³-hybridized carbons (Fsp3) is 0.713. The monoisotopic (exact) mass is 1830 g/mol. The van der Waals surface area contributed by atoms with Gasteiger partial charge in [0.1, 0.15) is 78.5 Å². The highest BCUT2D eigenvalue weighted by molar-refractivity contribution is 5.85. The molecule has 1 aromatic heterocycles. The molecule has 3 aliphatic heterocycles. The molecule has 3 fully saturated rings. The maximum Gasteiger partial charge on any atom is 0.320 e. The van der Waals surface area contributed by atoms with E-state index in [1.54, 1.807) is 0 Å². The molecule has 0 saturated carbocycles. The van der Waals surface area contributed by atoms with Crippen molar-refractivity contribution in [2.45, 2.75) is 290 Å². The first-order valence-corrected chi connectivity index (χ1v) is 41.7. The van der Waals surface area contributed by atoms with Crippen LogP contribution in [0.4, 0.5) is 0 Å². The van der Waals surface area contributed by atoms with Crippen LogP contribution in [0.25, 0.3) is 10.9 Å². The average molecular weight is 1830 g/mol.